The van der Waals surface area contributed by atoms with Gasteiger partial charge in [0.25, 0.3) is 0 Å². The molecule has 2 heterocycles. The normalized spacial score (nSPS) is 22.5. The second-order valence-electron chi connectivity index (χ2n) is 8.36. The Morgan fingerprint density at radius 3 is 2.25 bits per heavy atom. The number of carbonyl (C=O) groups excluding carboxylic acids is 1. The van der Waals surface area contributed by atoms with Crippen LogP contribution in [0, 0.1) is 0 Å². The lowest BCUT2D eigenvalue weighted by atomic mass is 9.92. The number of ketones is 1. The average molecular weight is 498 g/mol. The Hall–Kier alpha value is -4.35. The summed E-state index contributed by atoms with van der Waals surface area (Å²) in [6, 6.07) is 9.18. The van der Waals surface area contributed by atoms with Gasteiger partial charge in [-0.15, -0.1) is 0 Å². The number of carbonyl (C=O) groups is 1. The SMILES string of the molecule is COc1cc(C2Oc3cc(C4Oc5cc(O)c(O)cc5C(=O)C4O)cc(O)c3OC2CO)ccc1O. The monoisotopic (exact) mass is 498 g/mol. The first kappa shape index (κ1) is 23.4. The van der Waals surface area contributed by atoms with Crippen LogP contribution in [0.3, 0.4) is 0 Å². The van der Waals surface area contributed by atoms with Crippen LogP contribution in [-0.4, -0.2) is 62.3 Å². The van der Waals surface area contributed by atoms with E-state index in [0.717, 1.165) is 12.1 Å². The first-order valence-electron chi connectivity index (χ1n) is 10.8. The van der Waals surface area contributed by atoms with Crippen molar-refractivity contribution in [2.24, 2.45) is 0 Å². The quantitative estimate of drug-likeness (QED) is 0.290. The summed E-state index contributed by atoms with van der Waals surface area (Å²) in [5.41, 5.74) is 0.564. The van der Waals surface area contributed by atoms with Crippen molar-refractivity contribution in [3.05, 3.63) is 59.2 Å². The maximum Gasteiger partial charge on any atom is 0.203 e. The molecule has 2 aliphatic heterocycles. The highest BCUT2D eigenvalue weighted by Gasteiger charge is 2.40. The van der Waals surface area contributed by atoms with Gasteiger partial charge < -0.3 is 49.6 Å². The Morgan fingerprint density at radius 2 is 1.53 bits per heavy atom. The number of aliphatic hydroxyl groups is 2. The smallest absolute Gasteiger partial charge is 0.203 e. The molecule has 3 aromatic rings. The van der Waals surface area contributed by atoms with E-state index in [0.29, 0.717) is 5.56 Å². The molecule has 36 heavy (non-hydrogen) atoms. The lowest BCUT2D eigenvalue weighted by molar-refractivity contribution is -0.0148. The molecular formula is C25H22O11. The van der Waals surface area contributed by atoms with E-state index in [4.69, 9.17) is 18.9 Å². The molecule has 11 nitrogen and oxygen atoms in total. The summed E-state index contributed by atoms with van der Waals surface area (Å²) in [7, 11) is 1.39. The van der Waals surface area contributed by atoms with E-state index in [9.17, 15) is 35.4 Å². The summed E-state index contributed by atoms with van der Waals surface area (Å²) in [5, 5.41) is 60.6. The number of methoxy groups -OCH3 is 1. The van der Waals surface area contributed by atoms with Crippen LogP contribution in [-0.2, 0) is 0 Å². The summed E-state index contributed by atoms with van der Waals surface area (Å²) in [5.74, 6) is -2.16. The van der Waals surface area contributed by atoms with Crippen molar-refractivity contribution < 1.29 is 54.4 Å². The molecule has 4 unspecified atom stereocenters. The number of phenolic OH excluding ortho intramolecular Hbond substituents is 4. The standard InChI is InChI=1S/C25H22O11/c1-33-18-5-10(2-3-13(18)27)23-20(9-26)36-25-16(30)4-11(6-19(25)35-23)24-22(32)21(31)12-7-14(28)15(29)8-17(12)34-24/h2-8,20,22-24,26-30,32H,9H2,1H3. The minimum absolute atomic E-state index is 0.0503. The van der Waals surface area contributed by atoms with E-state index in [1.807, 2.05) is 0 Å². The van der Waals surface area contributed by atoms with Gasteiger partial charge >= 0.3 is 0 Å². The molecule has 0 aromatic heterocycles. The van der Waals surface area contributed by atoms with Crippen LogP contribution in [0.2, 0.25) is 0 Å². The van der Waals surface area contributed by atoms with E-state index in [1.165, 1.54) is 31.4 Å². The number of aromatic hydroxyl groups is 4. The van der Waals surface area contributed by atoms with Crippen LogP contribution in [0.1, 0.15) is 33.7 Å². The summed E-state index contributed by atoms with van der Waals surface area (Å²) < 4.78 is 22.7. The van der Waals surface area contributed by atoms with Crippen LogP contribution >= 0.6 is 0 Å². The van der Waals surface area contributed by atoms with Crippen molar-refractivity contribution in [1.82, 2.24) is 0 Å². The van der Waals surface area contributed by atoms with Gasteiger partial charge in [-0.05, 0) is 30.3 Å². The molecule has 11 heteroatoms. The summed E-state index contributed by atoms with van der Waals surface area (Å²) in [6.45, 7) is -0.458. The largest absolute Gasteiger partial charge is 0.504 e. The molecule has 2 aliphatic rings. The minimum atomic E-state index is -1.69. The second-order valence-corrected chi connectivity index (χ2v) is 8.36. The predicted octanol–water partition coefficient (Wildman–Crippen LogP) is 2.07. The van der Waals surface area contributed by atoms with Gasteiger partial charge in [0.1, 0.15) is 5.75 Å². The van der Waals surface area contributed by atoms with Crippen LogP contribution < -0.4 is 18.9 Å². The predicted molar refractivity (Wildman–Crippen MR) is 121 cm³/mol. The molecule has 0 radical (unpaired) electrons. The first-order chi connectivity index (χ1) is 17.2. The molecule has 0 spiro atoms. The van der Waals surface area contributed by atoms with E-state index < -0.39 is 48.3 Å². The zero-order valence-electron chi connectivity index (χ0n) is 18.8. The molecule has 0 aliphatic carbocycles. The van der Waals surface area contributed by atoms with Gasteiger partial charge in [-0.2, -0.15) is 0 Å². The van der Waals surface area contributed by atoms with E-state index in [-0.39, 0.29) is 45.6 Å². The van der Waals surface area contributed by atoms with Gasteiger partial charge in [0.15, 0.2) is 64.7 Å². The molecule has 3 aromatic carbocycles. The highest BCUT2D eigenvalue weighted by atomic mass is 16.6. The van der Waals surface area contributed by atoms with Crippen LogP contribution in [0.15, 0.2) is 42.5 Å². The molecule has 0 fully saturated rings. The van der Waals surface area contributed by atoms with Crippen LogP contribution in [0.5, 0.6) is 46.0 Å². The highest BCUT2D eigenvalue weighted by molar-refractivity contribution is 6.03. The third kappa shape index (κ3) is 3.74. The number of ether oxygens (including phenoxy) is 4. The summed E-state index contributed by atoms with van der Waals surface area (Å²) >= 11 is 0. The van der Waals surface area contributed by atoms with Gasteiger partial charge in [0, 0.05) is 17.2 Å². The Morgan fingerprint density at radius 1 is 0.806 bits per heavy atom. The van der Waals surface area contributed by atoms with Gasteiger partial charge in [0.05, 0.1) is 19.3 Å². The van der Waals surface area contributed by atoms with E-state index in [2.05, 4.69) is 0 Å². The lowest BCUT2D eigenvalue weighted by Gasteiger charge is -2.35. The van der Waals surface area contributed by atoms with Gasteiger partial charge in [-0.1, -0.05) is 6.07 Å². The fraction of sp³-hybridized carbons (Fsp3) is 0.240. The molecule has 188 valence electrons. The summed E-state index contributed by atoms with van der Waals surface area (Å²) in [6.07, 6.45) is -4.75. The van der Waals surface area contributed by atoms with Crippen molar-refractivity contribution >= 4 is 5.78 Å². The van der Waals surface area contributed by atoms with Crippen molar-refractivity contribution in [3.8, 4) is 46.0 Å². The highest BCUT2D eigenvalue weighted by Crippen LogP contribution is 2.49. The second kappa shape index (κ2) is 8.70. The van der Waals surface area contributed by atoms with Crippen LogP contribution in [0.4, 0.5) is 0 Å². The zero-order chi connectivity index (χ0) is 25.7. The number of aliphatic hydroxyl groups excluding tert-OH is 2. The fourth-order valence-electron chi connectivity index (χ4n) is 4.29. The molecule has 0 bridgehead atoms. The number of rotatable bonds is 4. The minimum Gasteiger partial charge on any atom is -0.504 e. The maximum atomic E-state index is 12.7. The molecular weight excluding hydrogens is 476 g/mol. The fourth-order valence-corrected chi connectivity index (χ4v) is 4.29. The molecule has 4 atom stereocenters. The third-order valence-electron chi connectivity index (χ3n) is 6.11. The molecule has 0 saturated carbocycles. The van der Waals surface area contributed by atoms with Crippen LogP contribution in [0.25, 0.3) is 0 Å². The van der Waals surface area contributed by atoms with E-state index in [1.54, 1.807) is 6.07 Å². The van der Waals surface area contributed by atoms with Crippen molar-refractivity contribution in [2.75, 3.05) is 13.7 Å². The van der Waals surface area contributed by atoms with Crippen molar-refractivity contribution in [2.45, 2.75) is 24.4 Å². The number of Topliss-reactive ketones (excluding diaryl/α,β-unsaturated/α-hetero) is 1. The molecule has 6 N–H and O–H groups in total. The Kier molecular flexibility index (Phi) is 5.65. The first-order valence-corrected chi connectivity index (χ1v) is 10.8. The third-order valence-corrected chi connectivity index (χ3v) is 6.11. The average Bonchev–Trinajstić information content (AvgIpc) is 2.87. The zero-order valence-corrected chi connectivity index (χ0v) is 18.8. The Labute approximate surface area is 203 Å². The van der Waals surface area contributed by atoms with Crippen molar-refractivity contribution in [3.63, 3.8) is 0 Å². The number of fused-ring (bicyclic) bond motifs is 2. The number of phenols is 4. The van der Waals surface area contributed by atoms with E-state index >= 15 is 0 Å². The van der Waals surface area contributed by atoms with Gasteiger partial charge in [-0.25, -0.2) is 0 Å². The Balaban J connectivity index is 1.53. The van der Waals surface area contributed by atoms with Gasteiger partial charge in [0.2, 0.25) is 5.75 Å². The van der Waals surface area contributed by atoms with Gasteiger partial charge in [-0.3, -0.25) is 4.79 Å². The summed E-state index contributed by atoms with van der Waals surface area (Å²) in [4.78, 5) is 12.7. The topological polar surface area (TPSA) is 175 Å². The number of hydrogen-bond donors (Lipinski definition) is 6. The number of hydrogen-bond acceptors (Lipinski definition) is 11. The lowest BCUT2D eigenvalue weighted by Crippen LogP contribution is -2.37. The molecule has 5 rings (SSSR count). The Bertz CT molecular complexity index is 1350. The molecule has 0 saturated heterocycles. The van der Waals surface area contributed by atoms with Crippen molar-refractivity contribution in [1.29, 1.82) is 0 Å². The maximum absolute atomic E-state index is 12.7. The number of benzene rings is 3. The molecule has 0 amide bonds.